The fourth-order valence-electron chi connectivity index (χ4n) is 1.63. The van der Waals surface area contributed by atoms with Crippen molar-refractivity contribution in [2.45, 2.75) is 33.6 Å². The number of aryl methyl sites for hydroxylation is 1. The third kappa shape index (κ3) is 3.70. The number of Topliss-reactive ketones (excluding diaryl/α,β-unsaturated/α-hetero) is 1. The van der Waals surface area contributed by atoms with Crippen LogP contribution >= 0.6 is 0 Å². The van der Waals surface area contributed by atoms with Gasteiger partial charge in [0.15, 0.2) is 5.78 Å². The van der Waals surface area contributed by atoms with E-state index in [1.165, 1.54) is 0 Å². The van der Waals surface area contributed by atoms with Gasteiger partial charge in [-0.15, -0.1) is 0 Å². The van der Waals surface area contributed by atoms with Crippen LogP contribution in [-0.2, 0) is 4.79 Å². The molecule has 1 rings (SSSR count). The molecule has 0 atom stereocenters. The first-order chi connectivity index (χ1) is 7.83. The number of carbonyl (C=O) groups is 2. The van der Waals surface area contributed by atoms with Crippen molar-refractivity contribution in [2.24, 2.45) is 5.41 Å². The summed E-state index contributed by atoms with van der Waals surface area (Å²) >= 11 is 0. The van der Waals surface area contributed by atoms with Crippen LogP contribution in [0, 0.1) is 12.3 Å². The number of carboxylic acid groups (broad SMARTS) is 1. The average Bonchev–Trinajstić information content (AvgIpc) is 2.27. The van der Waals surface area contributed by atoms with Crippen molar-refractivity contribution < 1.29 is 14.7 Å². The third-order valence-electron chi connectivity index (χ3n) is 2.89. The fraction of sp³-hybridized carbons (Fsp3) is 0.429. The first kappa shape index (κ1) is 13.4. The average molecular weight is 234 g/mol. The highest BCUT2D eigenvalue weighted by molar-refractivity contribution is 6.00. The van der Waals surface area contributed by atoms with E-state index in [1.807, 2.05) is 19.1 Å². The van der Waals surface area contributed by atoms with Gasteiger partial charge in [-0.2, -0.15) is 0 Å². The Kier molecular flexibility index (Phi) is 4.05. The van der Waals surface area contributed by atoms with Gasteiger partial charge in [-0.25, -0.2) is 0 Å². The van der Waals surface area contributed by atoms with E-state index in [1.54, 1.807) is 26.0 Å². The molecular weight excluding hydrogens is 216 g/mol. The van der Waals surface area contributed by atoms with Crippen molar-refractivity contribution in [1.29, 1.82) is 0 Å². The van der Waals surface area contributed by atoms with Gasteiger partial charge in [-0.3, -0.25) is 9.59 Å². The van der Waals surface area contributed by atoms with Gasteiger partial charge >= 0.3 is 5.97 Å². The molecule has 0 aliphatic carbocycles. The van der Waals surface area contributed by atoms with E-state index in [4.69, 9.17) is 5.11 Å². The quantitative estimate of drug-likeness (QED) is 0.796. The smallest absolute Gasteiger partial charge is 0.303 e. The van der Waals surface area contributed by atoms with Crippen LogP contribution in [0.4, 0.5) is 0 Å². The third-order valence-corrected chi connectivity index (χ3v) is 2.89. The summed E-state index contributed by atoms with van der Waals surface area (Å²) in [5, 5.41) is 8.65. The monoisotopic (exact) mass is 234 g/mol. The van der Waals surface area contributed by atoms with E-state index in [2.05, 4.69) is 0 Å². The molecule has 0 heterocycles. The highest BCUT2D eigenvalue weighted by atomic mass is 16.4. The second kappa shape index (κ2) is 5.13. The molecule has 3 heteroatoms. The molecule has 0 radical (unpaired) electrons. The zero-order valence-electron chi connectivity index (χ0n) is 10.5. The molecule has 0 saturated heterocycles. The summed E-state index contributed by atoms with van der Waals surface area (Å²) in [4.78, 5) is 22.7. The lowest BCUT2D eigenvalue weighted by Crippen LogP contribution is -2.25. The lowest BCUT2D eigenvalue weighted by atomic mass is 9.80. The molecule has 1 N–H and O–H groups in total. The van der Waals surface area contributed by atoms with Crippen LogP contribution < -0.4 is 0 Å². The largest absolute Gasteiger partial charge is 0.481 e. The molecule has 92 valence electrons. The van der Waals surface area contributed by atoms with Crippen LogP contribution in [0.25, 0.3) is 0 Å². The van der Waals surface area contributed by atoms with Crippen molar-refractivity contribution in [3.63, 3.8) is 0 Å². The number of aliphatic carboxylic acids is 1. The maximum Gasteiger partial charge on any atom is 0.303 e. The number of hydrogen-bond donors (Lipinski definition) is 1. The molecule has 0 aromatic heterocycles. The van der Waals surface area contributed by atoms with Gasteiger partial charge in [0.25, 0.3) is 0 Å². The molecule has 17 heavy (non-hydrogen) atoms. The first-order valence-corrected chi connectivity index (χ1v) is 5.66. The predicted octanol–water partition coefficient (Wildman–Crippen LogP) is 3.07. The fourth-order valence-corrected chi connectivity index (χ4v) is 1.63. The van der Waals surface area contributed by atoms with Crippen molar-refractivity contribution in [1.82, 2.24) is 0 Å². The Bertz CT molecular complexity index is 416. The maximum absolute atomic E-state index is 12.2. The van der Waals surface area contributed by atoms with Crippen LogP contribution in [-0.4, -0.2) is 16.9 Å². The summed E-state index contributed by atoms with van der Waals surface area (Å²) in [7, 11) is 0. The van der Waals surface area contributed by atoms with E-state index in [0.29, 0.717) is 12.0 Å². The molecule has 0 unspecified atom stereocenters. The lowest BCUT2D eigenvalue weighted by Gasteiger charge is -2.22. The molecule has 1 aromatic carbocycles. The Balaban J connectivity index is 2.80. The molecule has 1 aromatic rings. The van der Waals surface area contributed by atoms with Crippen LogP contribution in [0.15, 0.2) is 24.3 Å². The summed E-state index contributed by atoms with van der Waals surface area (Å²) in [5.74, 6) is -0.867. The number of ketones is 1. The minimum absolute atomic E-state index is 0.00116. The molecule has 0 bridgehead atoms. The summed E-state index contributed by atoms with van der Waals surface area (Å²) in [6.45, 7) is 5.54. The summed E-state index contributed by atoms with van der Waals surface area (Å²) in [6.07, 6.45) is 0.375. The first-order valence-electron chi connectivity index (χ1n) is 5.66. The Morgan fingerprint density at radius 2 is 1.71 bits per heavy atom. The van der Waals surface area contributed by atoms with Gasteiger partial charge in [0.1, 0.15) is 0 Å². The van der Waals surface area contributed by atoms with Crippen molar-refractivity contribution in [2.75, 3.05) is 0 Å². The summed E-state index contributed by atoms with van der Waals surface area (Å²) in [6, 6.07) is 7.36. The predicted molar refractivity (Wildman–Crippen MR) is 66.2 cm³/mol. The van der Waals surface area contributed by atoms with E-state index in [-0.39, 0.29) is 12.2 Å². The van der Waals surface area contributed by atoms with E-state index in [0.717, 1.165) is 5.56 Å². The molecule has 3 nitrogen and oxygen atoms in total. The number of hydrogen-bond acceptors (Lipinski definition) is 2. The topological polar surface area (TPSA) is 54.4 Å². The Morgan fingerprint density at radius 3 is 2.18 bits per heavy atom. The van der Waals surface area contributed by atoms with Gasteiger partial charge < -0.3 is 5.11 Å². The molecule has 0 amide bonds. The van der Waals surface area contributed by atoms with Gasteiger partial charge in [-0.1, -0.05) is 43.7 Å². The number of rotatable bonds is 5. The van der Waals surface area contributed by atoms with Gasteiger partial charge in [0, 0.05) is 17.4 Å². The standard InChI is InChI=1S/C14H18O3/c1-10-4-6-11(7-5-10)13(17)14(2,3)9-8-12(15)16/h4-7H,8-9H2,1-3H3,(H,15,16). The van der Waals surface area contributed by atoms with Gasteiger partial charge in [0.2, 0.25) is 0 Å². The number of benzene rings is 1. The van der Waals surface area contributed by atoms with E-state index in [9.17, 15) is 9.59 Å². The number of carboxylic acids is 1. The number of carbonyl (C=O) groups excluding carboxylic acids is 1. The molecule has 0 saturated carbocycles. The molecule has 0 spiro atoms. The van der Waals surface area contributed by atoms with Crippen molar-refractivity contribution >= 4 is 11.8 Å². The second-order valence-corrected chi connectivity index (χ2v) is 4.97. The molecule has 0 fully saturated rings. The van der Waals surface area contributed by atoms with Gasteiger partial charge in [-0.05, 0) is 13.3 Å². The molecule has 0 aliphatic heterocycles. The van der Waals surface area contributed by atoms with E-state index >= 15 is 0 Å². The van der Waals surface area contributed by atoms with Crippen LogP contribution in [0.3, 0.4) is 0 Å². The minimum Gasteiger partial charge on any atom is -0.481 e. The highest BCUT2D eigenvalue weighted by Gasteiger charge is 2.28. The molecule has 0 aliphatic rings. The van der Waals surface area contributed by atoms with Crippen LogP contribution in [0.5, 0.6) is 0 Å². The van der Waals surface area contributed by atoms with Crippen LogP contribution in [0.1, 0.15) is 42.6 Å². The molecular formula is C14H18O3. The lowest BCUT2D eigenvalue weighted by molar-refractivity contribution is -0.137. The van der Waals surface area contributed by atoms with Crippen molar-refractivity contribution in [3.05, 3.63) is 35.4 Å². The second-order valence-electron chi connectivity index (χ2n) is 4.97. The zero-order chi connectivity index (χ0) is 13.1. The van der Waals surface area contributed by atoms with Crippen molar-refractivity contribution in [3.8, 4) is 0 Å². The Hall–Kier alpha value is -1.64. The summed E-state index contributed by atoms with van der Waals surface area (Å²) < 4.78 is 0. The Morgan fingerprint density at radius 1 is 1.18 bits per heavy atom. The normalized spacial score (nSPS) is 11.2. The van der Waals surface area contributed by atoms with Crippen LogP contribution in [0.2, 0.25) is 0 Å². The van der Waals surface area contributed by atoms with E-state index < -0.39 is 11.4 Å². The SMILES string of the molecule is Cc1ccc(C(=O)C(C)(C)CCC(=O)O)cc1. The summed E-state index contributed by atoms with van der Waals surface area (Å²) in [5.41, 5.74) is 1.11. The zero-order valence-corrected chi connectivity index (χ0v) is 10.5. The Labute approximate surface area is 101 Å². The minimum atomic E-state index is -0.866. The maximum atomic E-state index is 12.2. The van der Waals surface area contributed by atoms with Gasteiger partial charge in [0.05, 0.1) is 0 Å². The highest BCUT2D eigenvalue weighted by Crippen LogP contribution is 2.27.